The summed E-state index contributed by atoms with van der Waals surface area (Å²) in [7, 11) is -6.67. The van der Waals surface area contributed by atoms with Crippen molar-refractivity contribution < 1.29 is 17.2 Å². The predicted molar refractivity (Wildman–Crippen MR) is 114 cm³/mol. The van der Waals surface area contributed by atoms with Crippen LogP contribution in [0.5, 0.6) is 0 Å². The zero-order valence-corrected chi connectivity index (χ0v) is 17.4. The van der Waals surface area contributed by atoms with Gasteiger partial charge in [0.25, 0.3) is 10.1 Å². The third-order valence-corrected chi connectivity index (χ3v) is 9.05. The molecule has 3 aromatic rings. The van der Waals surface area contributed by atoms with Crippen molar-refractivity contribution in [3.63, 3.8) is 0 Å². The minimum absolute atomic E-state index is 0.0140. The molecule has 0 fully saturated rings. The van der Waals surface area contributed by atoms with Gasteiger partial charge < -0.3 is 4.57 Å². The van der Waals surface area contributed by atoms with Crippen LogP contribution in [0, 0.1) is 6.92 Å². The Kier molecular flexibility index (Phi) is 6.50. The quantitative estimate of drug-likeness (QED) is 0.316. The van der Waals surface area contributed by atoms with Crippen molar-refractivity contribution in [3.05, 3.63) is 90.5 Å². The first-order valence-corrected chi connectivity index (χ1v) is 12.4. The standard InChI is InChI=1S/C22H23O4PS/c1-19-13-15-22(16-14-19)28(24,25)26-17-8-18-27(23,20-9-4-2-5-10-20)21-11-6-3-7-12-21/h2-7,9-16H,8,17-18H2,1H3. The first kappa shape index (κ1) is 20.5. The fraction of sp³-hybridized carbons (Fsp3) is 0.182. The van der Waals surface area contributed by atoms with E-state index in [1.165, 1.54) is 12.1 Å². The van der Waals surface area contributed by atoms with Crippen LogP contribution in [0.3, 0.4) is 0 Å². The van der Waals surface area contributed by atoms with Crippen LogP contribution in [0.4, 0.5) is 0 Å². The van der Waals surface area contributed by atoms with Crippen molar-refractivity contribution in [1.82, 2.24) is 0 Å². The van der Waals surface area contributed by atoms with Crippen LogP contribution in [-0.2, 0) is 18.9 Å². The van der Waals surface area contributed by atoms with Gasteiger partial charge in [0.2, 0.25) is 0 Å². The van der Waals surface area contributed by atoms with E-state index in [-0.39, 0.29) is 11.5 Å². The lowest BCUT2D eigenvalue weighted by atomic mass is 10.2. The summed E-state index contributed by atoms with van der Waals surface area (Å²) >= 11 is 0. The topological polar surface area (TPSA) is 60.4 Å². The van der Waals surface area contributed by atoms with E-state index in [4.69, 9.17) is 4.18 Å². The molecule has 0 spiro atoms. The molecule has 4 nitrogen and oxygen atoms in total. The fourth-order valence-corrected chi connectivity index (χ4v) is 6.61. The molecule has 0 aromatic heterocycles. The van der Waals surface area contributed by atoms with Crippen LogP contribution in [0.1, 0.15) is 12.0 Å². The predicted octanol–water partition coefficient (Wildman–Crippen LogP) is 4.10. The summed E-state index contributed by atoms with van der Waals surface area (Å²) < 4.78 is 43.7. The summed E-state index contributed by atoms with van der Waals surface area (Å²) in [5.41, 5.74) is 0.977. The Morgan fingerprint density at radius 1 is 0.786 bits per heavy atom. The molecule has 3 aromatic carbocycles. The van der Waals surface area contributed by atoms with E-state index >= 15 is 0 Å². The highest BCUT2D eigenvalue weighted by Crippen LogP contribution is 2.43. The molecule has 0 unspecified atom stereocenters. The zero-order chi connectivity index (χ0) is 20.0. The number of hydrogen-bond acceptors (Lipinski definition) is 4. The van der Waals surface area contributed by atoms with Crippen LogP contribution in [-0.4, -0.2) is 21.2 Å². The molecule has 6 heteroatoms. The summed E-state index contributed by atoms with van der Waals surface area (Å²) in [6, 6.07) is 25.2. The van der Waals surface area contributed by atoms with Gasteiger partial charge in [0.05, 0.1) is 11.5 Å². The van der Waals surface area contributed by atoms with E-state index in [1.807, 2.05) is 67.6 Å². The monoisotopic (exact) mass is 414 g/mol. The maximum atomic E-state index is 13.8. The van der Waals surface area contributed by atoms with Crippen LogP contribution in [0.15, 0.2) is 89.8 Å². The normalized spacial score (nSPS) is 12.0. The van der Waals surface area contributed by atoms with Gasteiger partial charge in [-0.2, -0.15) is 8.42 Å². The van der Waals surface area contributed by atoms with Crippen LogP contribution in [0.2, 0.25) is 0 Å². The van der Waals surface area contributed by atoms with Gasteiger partial charge in [-0.3, -0.25) is 4.18 Å². The first-order valence-electron chi connectivity index (χ1n) is 9.08. The van der Waals surface area contributed by atoms with Crippen LogP contribution >= 0.6 is 7.14 Å². The third-order valence-electron chi connectivity index (χ3n) is 4.51. The summed E-state index contributed by atoms with van der Waals surface area (Å²) in [5.74, 6) is 0. The molecule has 0 aliphatic heterocycles. The minimum Gasteiger partial charge on any atom is -0.314 e. The maximum absolute atomic E-state index is 13.8. The van der Waals surface area contributed by atoms with Gasteiger partial charge in [0.15, 0.2) is 0 Å². The molecule has 0 radical (unpaired) electrons. The summed E-state index contributed by atoms with van der Waals surface area (Å²) in [6.07, 6.45) is 0.705. The molecule has 0 saturated carbocycles. The second-order valence-corrected chi connectivity index (χ2v) is 11.2. The second kappa shape index (κ2) is 8.87. The number of benzene rings is 3. The molecule has 0 heterocycles. The van der Waals surface area contributed by atoms with Gasteiger partial charge in [0.1, 0.15) is 7.14 Å². The molecule has 0 atom stereocenters. The molecule has 3 rings (SSSR count). The Labute approximate surface area is 166 Å². The Balaban J connectivity index is 1.71. The van der Waals surface area contributed by atoms with Crippen molar-refractivity contribution in [3.8, 4) is 0 Å². The van der Waals surface area contributed by atoms with Gasteiger partial charge in [-0.25, -0.2) is 0 Å². The van der Waals surface area contributed by atoms with Crippen LogP contribution < -0.4 is 10.6 Å². The lowest BCUT2D eigenvalue weighted by Crippen LogP contribution is -2.19. The molecule has 0 aliphatic rings. The van der Waals surface area contributed by atoms with E-state index in [2.05, 4.69) is 0 Å². The van der Waals surface area contributed by atoms with Crippen molar-refractivity contribution in [1.29, 1.82) is 0 Å². The van der Waals surface area contributed by atoms with Gasteiger partial charge in [-0.1, -0.05) is 78.4 Å². The highest BCUT2D eigenvalue weighted by Gasteiger charge is 2.27. The molecule has 146 valence electrons. The fourth-order valence-electron chi connectivity index (χ4n) is 2.97. The van der Waals surface area contributed by atoms with Crippen LogP contribution in [0.25, 0.3) is 0 Å². The largest absolute Gasteiger partial charge is 0.314 e. The highest BCUT2D eigenvalue weighted by atomic mass is 32.2. The van der Waals surface area contributed by atoms with Gasteiger partial charge >= 0.3 is 0 Å². The van der Waals surface area contributed by atoms with Crippen molar-refractivity contribution in [2.75, 3.05) is 12.8 Å². The van der Waals surface area contributed by atoms with E-state index in [0.29, 0.717) is 12.6 Å². The number of rotatable bonds is 8. The molecule has 0 amide bonds. The third kappa shape index (κ3) is 4.79. The molecular weight excluding hydrogens is 391 g/mol. The lowest BCUT2D eigenvalue weighted by Gasteiger charge is -2.19. The highest BCUT2D eigenvalue weighted by molar-refractivity contribution is 7.86. The Bertz CT molecular complexity index is 1000. The van der Waals surface area contributed by atoms with E-state index < -0.39 is 17.3 Å². The Hall–Kier alpha value is -2.20. The van der Waals surface area contributed by atoms with E-state index in [1.54, 1.807) is 12.1 Å². The van der Waals surface area contributed by atoms with Gasteiger partial charge in [0, 0.05) is 16.8 Å². The molecule has 0 saturated heterocycles. The molecule has 0 bridgehead atoms. The number of hydrogen-bond donors (Lipinski definition) is 0. The summed E-state index contributed by atoms with van der Waals surface area (Å²) in [4.78, 5) is 0.132. The minimum atomic E-state index is -3.81. The first-order chi connectivity index (χ1) is 13.4. The zero-order valence-electron chi connectivity index (χ0n) is 15.7. The lowest BCUT2D eigenvalue weighted by molar-refractivity contribution is 0.318. The van der Waals surface area contributed by atoms with Gasteiger partial charge in [-0.05, 0) is 25.5 Å². The van der Waals surface area contributed by atoms with Crippen molar-refractivity contribution >= 4 is 27.9 Å². The molecule has 28 heavy (non-hydrogen) atoms. The summed E-state index contributed by atoms with van der Waals surface area (Å²) in [5, 5.41) is 1.53. The molecule has 0 aliphatic carbocycles. The maximum Gasteiger partial charge on any atom is 0.296 e. The van der Waals surface area contributed by atoms with Gasteiger partial charge in [-0.15, -0.1) is 0 Å². The SMILES string of the molecule is Cc1ccc(S(=O)(=O)OCCCP(=O)(c2ccccc2)c2ccccc2)cc1. The Morgan fingerprint density at radius 2 is 1.29 bits per heavy atom. The molecule has 0 N–H and O–H groups in total. The Morgan fingerprint density at radius 3 is 1.79 bits per heavy atom. The van der Waals surface area contributed by atoms with E-state index in [9.17, 15) is 13.0 Å². The average Bonchev–Trinajstić information content (AvgIpc) is 2.73. The molecular formula is C22H23O4PS. The summed E-state index contributed by atoms with van der Waals surface area (Å²) in [6.45, 7) is 1.88. The van der Waals surface area contributed by atoms with Crippen molar-refractivity contribution in [2.24, 2.45) is 0 Å². The second-order valence-electron chi connectivity index (χ2n) is 6.58. The van der Waals surface area contributed by atoms with Crippen molar-refractivity contribution in [2.45, 2.75) is 18.2 Å². The average molecular weight is 414 g/mol. The van der Waals surface area contributed by atoms with E-state index in [0.717, 1.165) is 16.2 Å². The smallest absolute Gasteiger partial charge is 0.296 e. The number of aryl methyl sites for hydroxylation is 1.